The molecule has 116 valence electrons. The van der Waals surface area contributed by atoms with E-state index >= 15 is 0 Å². The second-order valence-electron chi connectivity index (χ2n) is 5.08. The first-order chi connectivity index (χ1) is 11.0. The number of carbonyl (C=O) groups is 3. The minimum absolute atomic E-state index is 0.00646. The molecule has 2 aromatic rings. The fourth-order valence-electron chi connectivity index (χ4n) is 2.13. The van der Waals surface area contributed by atoms with Crippen LogP contribution in [-0.2, 0) is 4.79 Å². The van der Waals surface area contributed by atoms with Gasteiger partial charge in [-0.2, -0.15) is 0 Å². The van der Waals surface area contributed by atoms with Gasteiger partial charge in [0.05, 0.1) is 4.91 Å². The lowest BCUT2D eigenvalue weighted by atomic mass is 10.1. The van der Waals surface area contributed by atoms with Crippen LogP contribution >= 0.6 is 11.8 Å². The fraction of sp³-hybridized carbons (Fsp3) is 0.118. The smallest absolute Gasteiger partial charge is 0.293 e. The summed E-state index contributed by atoms with van der Waals surface area (Å²) in [6.07, 6.45) is 1.56. The van der Waals surface area contributed by atoms with Crippen molar-refractivity contribution in [2.45, 2.75) is 6.92 Å². The van der Waals surface area contributed by atoms with Gasteiger partial charge in [-0.05, 0) is 30.8 Å². The molecule has 1 saturated heterocycles. The van der Waals surface area contributed by atoms with Crippen molar-refractivity contribution in [2.75, 3.05) is 7.05 Å². The number of likely N-dealkylation sites (N-methyl/N-ethyl adjacent to an activating group) is 1. The third-order valence-electron chi connectivity index (χ3n) is 3.46. The summed E-state index contributed by atoms with van der Waals surface area (Å²) in [6, 6.07) is 10.6. The zero-order chi connectivity index (χ0) is 16.6. The van der Waals surface area contributed by atoms with Crippen molar-refractivity contribution in [3.8, 4) is 11.3 Å². The second-order valence-corrected chi connectivity index (χ2v) is 6.07. The van der Waals surface area contributed by atoms with E-state index in [0.29, 0.717) is 22.0 Å². The standard InChI is InChI=1S/C17H13NO4S/c1-10(19)11-3-5-12(6-4-11)14-8-7-13(22-14)9-15-16(20)18(2)17(21)23-15/h3-9H,1-2H3/b15-9-. The summed E-state index contributed by atoms with van der Waals surface area (Å²) in [5.41, 5.74) is 1.47. The molecule has 1 aromatic carbocycles. The van der Waals surface area contributed by atoms with E-state index in [-0.39, 0.29) is 16.9 Å². The van der Waals surface area contributed by atoms with E-state index in [1.54, 1.807) is 42.5 Å². The van der Waals surface area contributed by atoms with E-state index < -0.39 is 0 Å². The summed E-state index contributed by atoms with van der Waals surface area (Å²) in [7, 11) is 1.45. The number of carbonyl (C=O) groups excluding carboxylic acids is 3. The van der Waals surface area contributed by atoms with E-state index in [9.17, 15) is 14.4 Å². The summed E-state index contributed by atoms with van der Waals surface area (Å²) < 4.78 is 5.69. The molecule has 1 aromatic heterocycles. The molecule has 0 spiro atoms. The third kappa shape index (κ3) is 2.98. The maximum Gasteiger partial charge on any atom is 0.293 e. The first-order valence-corrected chi connectivity index (χ1v) is 7.70. The number of imide groups is 1. The average Bonchev–Trinajstić information content (AvgIpc) is 3.09. The van der Waals surface area contributed by atoms with Crippen LogP contribution in [0.15, 0.2) is 45.7 Å². The molecule has 0 saturated carbocycles. The van der Waals surface area contributed by atoms with E-state index in [2.05, 4.69) is 0 Å². The van der Waals surface area contributed by atoms with Gasteiger partial charge in [-0.15, -0.1) is 0 Å². The topological polar surface area (TPSA) is 67.6 Å². The first-order valence-electron chi connectivity index (χ1n) is 6.88. The lowest BCUT2D eigenvalue weighted by molar-refractivity contribution is -0.121. The molecular formula is C17H13NO4S. The Bertz CT molecular complexity index is 833. The van der Waals surface area contributed by atoms with Crippen molar-refractivity contribution in [3.05, 3.63) is 52.6 Å². The first kappa shape index (κ1) is 15.3. The van der Waals surface area contributed by atoms with Crippen LogP contribution in [-0.4, -0.2) is 28.9 Å². The number of hydrogen-bond donors (Lipinski definition) is 0. The zero-order valence-corrected chi connectivity index (χ0v) is 13.3. The second kappa shape index (κ2) is 5.89. The molecule has 1 aliphatic rings. The summed E-state index contributed by atoms with van der Waals surface area (Å²) in [5.74, 6) is 0.799. The van der Waals surface area contributed by atoms with Gasteiger partial charge in [0, 0.05) is 24.3 Å². The van der Waals surface area contributed by atoms with Crippen LogP contribution in [0.5, 0.6) is 0 Å². The van der Waals surface area contributed by atoms with Gasteiger partial charge >= 0.3 is 0 Å². The van der Waals surface area contributed by atoms with Crippen molar-refractivity contribution in [2.24, 2.45) is 0 Å². The molecule has 3 rings (SSSR count). The van der Waals surface area contributed by atoms with Crippen molar-refractivity contribution in [1.29, 1.82) is 0 Å². The monoisotopic (exact) mass is 327 g/mol. The Morgan fingerprint density at radius 2 is 1.83 bits per heavy atom. The summed E-state index contributed by atoms with van der Waals surface area (Å²) in [6.45, 7) is 1.51. The number of amides is 2. The van der Waals surface area contributed by atoms with Crippen LogP contribution in [0, 0.1) is 0 Å². The highest BCUT2D eigenvalue weighted by Gasteiger charge is 2.32. The van der Waals surface area contributed by atoms with E-state index in [4.69, 9.17) is 4.42 Å². The summed E-state index contributed by atoms with van der Waals surface area (Å²) >= 11 is 0.888. The van der Waals surface area contributed by atoms with Gasteiger partial charge in [0.1, 0.15) is 11.5 Å². The van der Waals surface area contributed by atoms with Gasteiger partial charge in [-0.3, -0.25) is 19.3 Å². The lowest BCUT2D eigenvalue weighted by Gasteiger charge is -2.00. The van der Waals surface area contributed by atoms with Gasteiger partial charge in [0.2, 0.25) is 0 Å². The van der Waals surface area contributed by atoms with Crippen LogP contribution in [0.25, 0.3) is 17.4 Å². The Morgan fingerprint density at radius 3 is 2.39 bits per heavy atom. The van der Waals surface area contributed by atoms with Gasteiger partial charge < -0.3 is 4.42 Å². The number of thioether (sulfide) groups is 1. The third-order valence-corrected chi connectivity index (χ3v) is 4.42. The van der Waals surface area contributed by atoms with Crippen LogP contribution in [0.4, 0.5) is 4.79 Å². The minimum Gasteiger partial charge on any atom is -0.457 e. The molecule has 0 N–H and O–H groups in total. The molecule has 5 nitrogen and oxygen atoms in total. The molecule has 0 aliphatic carbocycles. The van der Waals surface area contributed by atoms with Gasteiger partial charge in [-0.1, -0.05) is 24.3 Å². The van der Waals surface area contributed by atoms with Crippen molar-refractivity contribution in [1.82, 2.24) is 4.90 Å². The molecule has 1 aliphatic heterocycles. The number of Topliss-reactive ketones (excluding diaryl/α,β-unsaturated/α-hetero) is 1. The number of ketones is 1. The Labute approximate surface area is 137 Å². The quantitative estimate of drug-likeness (QED) is 0.633. The Morgan fingerprint density at radius 1 is 1.13 bits per heavy atom. The van der Waals surface area contributed by atoms with Crippen LogP contribution < -0.4 is 0 Å². The summed E-state index contributed by atoms with van der Waals surface area (Å²) in [4.78, 5) is 36.0. The molecule has 2 amide bonds. The number of hydrogen-bond acceptors (Lipinski definition) is 5. The van der Waals surface area contributed by atoms with E-state index in [1.165, 1.54) is 14.0 Å². The van der Waals surface area contributed by atoms with E-state index in [1.807, 2.05) is 0 Å². The molecular weight excluding hydrogens is 314 g/mol. The Balaban J connectivity index is 1.85. The largest absolute Gasteiger partial charge is 0.457 e. The number of furan rings is 1. The Hall–Kier alpha value is -2.60. The van der Waals surface area contributed by atoms with Gasteiger partial charge in [0.25, 0.3) is 11.1 Å². The molecule has 0 radical (unpaired) electrons. The molecule has 23 heavy (non-hydrogen) atoms. The van der Waals surface area contributed by atoms with Crippen molar-refractivity contribution < 1.29 is 18.8 Å². The highest BCUT2D eigenvalue weighted by Crippen LogP contribution is 2.32. The maximum atomic E-state index is 11.8. The molecule has 1 fully saturated rings. The fourth-order valence-corrected chi connectivity index (χ4v) is 2.94. The van der Waals surface area contributed by atoms with Gasteiger partial charge in [0.15, 0.2) is 5.78 Å². The minimum atomic E-state index is -0.330. The molecule has 2 heterocycles. The van der Waals surface area contributed by atoms with Gasteiger partial charge in [-0.25, -0.2) is 0 Å². The Kier molecular flexibility index (Phi) is 3.92. The normalized spacial score (nSPS) is 16.4. The predicted molar refractivity (Wildman–Crippen MR) is 87.9 cm³/mol. The highest BCUT2D eigenvalue weighted by molar-refractivity contribution is 8.18. The highest BCUT2D eigenvalue weighted by atomic mass is 32.2. The van der Waals surface area contributed by atoms with Crippen LogP contribution in [0.1, 0.15) is 23.0 Å². The maximum absolute atomic E-state index is 11.8. The van der Waals surface area contributed by atoms with E-state index in [0.717, 1.165) is 22.2 Å². The lowest BCUT2D eigenvalue weighted by Crippen LogP contribution is -2.22. The summed E-state index contributed by atoms with van der Waals surface area (Å²) in [5, 5.41) is -0.298. The zero-order valence-electron chi connectivity index (χ0n) is 12.5. The van der Waals surface area contributed by atoms with Crippen LogP contribution in [0.2, 0.25) is 0 Å². The average molecular weight is 327 g/mol. The van der Waals surface area contributed by atoms with Crippen LogP contribution in [0.3, 0.4) is 0 Å². The molecule has 0 bridgehead atoms. The van der Waals surface area contributed by atoms with Crippen molar-refractivity contribution in [3.63, 3.8) is 0 Å². The molecule has 0 atom stereocenters. The SMILES string of the molecule is CC(=O)c1ccc(-c2ccc(/C=C3\SC(=O)N(C)C3=O)o2)cc1. The predicted octanol–water partition coefficient (Wildman–Crippen LogP) is 3.82. The number of benzene rings is 1. The number of rotatable bonds is 3. The number of nitrogens with zero attached hydrogens (tertiary/aromatic N) is 1. The van der Waals surface area contributed by atoms with Crippen molar-refractivity contribution >= 4 is 34.8 Å². The molecule has 6 heteroatoms. The molecule has 0 unspecified atom stereocenters.